The van der Waals surface area contributed by atoms with Crippen molar-refractivity contribution in [2.24, 2.45) is 5.73 Å². The van der Waals surface area contributed by atoms with Crippen LogP contribution in [0.15, 0.2) is 30.3 Å². The van der Waals surface area contributed by atoms with Gasteiger partial charge in [0, 0.05) is 13.1 Å². The minimum absolute atomic E-state index is 0.252. The van der Waals surface area contributed by atoms with E-state index >= 15 is 0 Å². The van der Waals surface area contributed by atoms with Crippen LogP contribution in [0.25, 0.3) is 0 Å². The number of nitrogens with zero attached hydrogens (tertiary/aromatic N) is 1. The monoisotopic (exact) mass is 264 g/mol. The van der Waals surface area contributed by atoms with Crippen molar-refractivity contribution in [2.75, 3.05) is 13.1 Å². The molecule has 1 heterocycles. The number of benzene rings is 1. The lowest BCUT2D eigenvalue weighted by molar-refractivity contribution is -0.0233. The zero-order valence-corrected chi connectivity index (χ0v) is 11.1. The third-order valence-electron chi connectivity index (χ3n) is 3.57. The van der Waals surface area contributed by atoms with Crippen molar-refractivity contribution in [3.8, 4) is 0 Å². The Morgan fingerprint density at radius 1 is 1.53 bits per heavy atom. The van der Waals surface area contributed by atoms with E-state index in [-0.39, 0.29) is 12.7 Å². The van der Waals surface area contributed by atoms with Crippen LogP contribution in [0.5, 0.6) is 0 Å². The number of hydrogen-bond acceptors (Lipinski definition) is 4. The zero-order chi connectivity index (χ0) is 13.9. The molecule has 1 fully saturated rings. The number of rotatable bonds is 2. The van der Waals surface area contributed by atoms with Gasteiger partial charge in [0.15, 0.2) is 0 Å². The van der Waals surface area contributed by atoms with Crippen molar-refractivity contribution < 1.29 is 14.6 Å². The Kier molecular flexibility index (Phi) is 4.07. The summed E-state index contributed by atoms with van der Waals surface area (Å²) in [6.45, 7) is 2.74. The Balaban J connectivity index is 1.84. The van der Waals surface area contributed by atoms with Gasteiger partial charge < -0.3 is 20.5 Å². The molecule has 1 saturated heterocycles. The van der Waals surface area contributed by atoms with Gasteiger partial charge in [0.1, 0.15) is 6.61 Å². The molecule has 1 aliphatic rings. The number of amides is 1. The van der Waals surface area contributed by atoms with Crippen molar-refractivity contribution in [1.82, 2.24) is 4.90 Å². The van der Waals surface area contributed by atoms with E-state index in [0.29, 0.717) is 19.5 Å². The van der Waals surface area contributed by atoms with Crippen LogP contribution in [0.3, 0.4) is 0 Å². The third kappa shape index (κ3) is 3.45. The van der Waals surface area contributed by atoms with E-state index < -0.39 is 11.6 Å². The zero-order valence-electron chi connectivity index (χ0n) is 11.1. The highest BCUT2D eigenvalue weighted by Crippen LogP contribution is 2.21. The first-order chi connectivity index (χ1) is 8.99. The number of nitrogens with two attached hydrogens (primary N) is 1. The third-order valence-corrected chi connectivity index (χ3v) is 3.57. The van der Waals surface area contributed by atoms with Crippen LogP contribution in [-0.4, -0.2) is 40.8 Å². The number of aliphatic hydroxyl groups is 1. The van der Waals surface area contributed by atoms with E-state index in [1.807, 2.05) is 30.3 Å². The van der Waals surface area contributed by atoms with Crippen LogP contribution < -0.4 is 5.73 Å². The molecular formula is C14H20N2O3. The summed E-state index contributed by atoms with van der Waals surface area (Å²) in [6.07, 6.45) is 0.0871. The second-order valence-electron chi connectivity index (χ2n) is 5.20. The van der Waals surface area contributed by atoms with Gasteiger partial charge in [-0.3, -0.25) is 0 Å². The maximum absolute atomic E-state index is 11.9. The van der Waals surface area contributed by atoms with E-state index in [9.17, 15) is 9.90 Å². The average molecular weight is 264 g/mol. The molecule has 5 nitrogen and oxygen atoms in total. The smallest absolute Gasteiger partial charge is 0.410 e. The minimum atomic E-state index is -0.907. The molecule has 1 amide bonds. The van der Waals surface area contributed by atoms with Gasteiger partial charge >= 0.3 is 6.09 Å². The fourth-order valence-corrected chi connectivity index (χ4v) is 2.05. The number of carbonyl (C=O) groups is 1. The number of piperidine rings is 1. The average Bonchev–Trinajstić information content (AvgIpc) is 2.40. The SMILES string of the molecule is CC1(O)CCN(C(=O)OCc2ccccc2)CC1N. The molecule has 2 rings (SSSR count). The second-order valence-corrected chi connectivity index (χ2v) is 5.20. The van der Waals surface area contributed by atoms with E-state index in [0.717, 1.165) is 5.56 Å². The Hall–Kier alpha value is -1.59. The summed E-state index contributed by atoms with van der Waals surface area (Å²) in [5.74, 6) is 0. The Labute approximate surface area is 113 Å². The highest BCUT2D eigenvalue weighted by atomic mass is 16.6. The van der Waals surface area contributed by atoms with Crippen LogP contribution in [0.1, 0.15) is 18.9 Å². The van der Waals surface area contributed by atoms with Crippen LogP contribution in [0, 0.1) is 0 Å². The van der Waals surface area contributed by atoms with Crippen LogP contribution in [0.4, 0.5) is 4.79 Å². The largest absolute Gasteiger partial charge is 0.445 e. The molecule has 5 heteroatoms. The molecule has 0 radical (unpaired) electrons. The molecule has 0 aromatic heterocycles. The molecule has 1 aliphatic heterocycles. The van der Waals surface area contributed by atoms with Crippen LogP contribution >= 0.6 is 0 Å². The molecule has 2 unspecified atom stereocenters. The van der Waals surface area contributed by atoms with Crippen molar-refractivity contribution in [2.45, 2.75) is 31.6 Å². The van der Waals surface area contributed by atoms with Gasteiger partial charge in [-0.1, -0.05) is 30.3 Å². The molecule has 0 bridgehead atoms. The van der Waals surface area contributed by atoms with Gasteiger partial charge in [-0.25, -0.2) is 4.79 Å². The Bertz CT molecular complexity index is 434. The van der Waals surface area contributed by atoms with Gasteiger partial charge in [-0.2, -0.15) is 0 Å². The lowest BCUT2D eigenvalue weighted by atomic mass is 9.89. The van der Waals surface area contributed by atoms with Gasteiger partial charge in [0.05, 0.1) is 11.6 Å². The highest BCUT2D eigenvalue weighted by Gasteiger charge is 2.37. The second kappa shape index (κ2) is 5.59. The van der Waals surface area contributed by atoms with E-state index in [1.165, 1.54) is 0 Å². The summed E-state index contributed by atoms with van der Waals surface area (Å²) in [7, 11) is 0. The first-order valence-corrected chi connectivity index (χ1v) is 6.42. The van der Waals surface area contributed by atoms with E-state index in [2.05, 4.69) is 0 Å². The molecular weight excluding hydrogens is 244 g/mol. The summed E-state index contributed by atoms with van der Waals surface area (Å²) in [5, 5.41) is 9.95. The summed E-state index contributed by atoms with van der Waals surface area (Å²) in [4.78, 5) is 13.4. The topological polar surface area (TPSA) is 75.8 Å². The summed E-state index contributed by atoms with van der Waals surface area (Å²) in [6, 6.07) is 9.08. The van der Waals surface area contributed by atoms with Gasteiger partial charge in [-0.05, 0) is 18.9 Å². The highest BCUT2D eigenvalue weighted by molar-refractivity contribution is 5.68. The quantitative estimate of drug-likeness (QED) is 0.839. The number of carbonyl (C=O) groups excluding carboxylic acids is 1. The van der Waals surface area contributed by atoms with Gasteiger partial charge in [0.2, 0.25) is 0 Å². The molecule has 0 saturated carbocycles. The summed E-state index contributed by atoms with van der Waals surface area (Å²) in [5.41, 5.74) is 5.89. The van der Waals surface area contributed by atoms with Crippen LogP contribution in [-0.2, 0) is 11.3 Å². The lowest BCUT2D eigenvalue weighted by Gasteiger charge is -2.40. The lowest BCUT2D eigenvalue weighted by Crippen LogP contribution is -2.59. The standard InChI is InChI=1S/C14H20N2O3/c1-14(18)7-8-16(9-12(14)15)13(17)19-10-11-5-3-2-4-6-11/h2-6,12,18H,7-10,15H2,1H3. The summed E-state index contributed by atoms with van der Waals surface area (Å²) >= 11 is 0. The Morgan fingerprint density at radius 3 is 2.84 bits per heavy atom. The van der Waals surface area contributed by atoms with Gasteiger partial charge in [0.25, 0.3) is 0 Å². The predicted molar refractivity (Wildman–Crippen MR) is 71.4 cm³/mol. The number of likely N-dealkylation sites (tertiary alicyclic amines) is 1. The molecule has 104 valence electrons. The normalized spacial score (nSPS) is 27.1. The number of ether oxygens (including phenoxy) is 1. The van der Waals surface area contributed by atoms with E-state index in [4.69, 9.17) is 10.5 Å². The maximum atomic E-state index is 11.9. The predicted octanol–water partition coefficient (Wildman–Crippen LogP) is 1.11. The molecule has 1 aromatic rings. The summed E-state index contributed by atoms with van der Waals surface area (Å²) < 4.78 is 5.23. The first kappa shape index (κ1) is 13.8. The Morgan fingerprint density at radius 2 is 2.21 bits per heavy atom. The fourth-order valence-electron chi connectivity index (χ4n) is 2.05. The molecule has 0 aliphatic carbocycles. The molecule has 1 aromatic carbocycles. The van der Waals surface area contributed by atoms with Crippen molar-refractivity contribution >= 4 is 6.09 Å². The number of hydrogen-bond donors (Lipinski definition) is 2. The van der Waals surface area contributed by atoms with Crippen molar-refractivity contribution in [1.29, 1.82) is 0 Å². The van der Waals surface area contributed by atoms with Crippen molar-refractivity contribution in [3.05, 3.63) is 35.9 Å². The molecule has 2 atom stereocenters. The van der Waals surface area contributed by atoms with Crippen LogP contribution in [0.2, 0.25) is 0 Å². The molecule has 0 spiro atoms. The molecule has 3 N–H and O–H groups in total. The minimum Gasteiger partial charge on any atom is -0.445 e. The van der Waals surface area contributed by atoms with Gasteiger partial charge in [-0.15, -0.1) is 0 Å². The van der Waals surface area contributed by atoms with E-state index in [1.54, 1.807) is 11.8 Å². The fraction of sp³-hybridized carbons (Fsp3) is 0.500. The molecule has 19 heavy (non-hydrogen) atoms. The first-order valence-electron chi connectivity index (χ1n) is 6.42. The maximum Gasteiger partial charge on any atom is 0.410 e. The van der Waals surface area contributed by atoms with Crippen molar-refractivity contribution in [3.63, 3.8) is 0 Å².